The first-order valence-electron chi connectivity index (χ1n) is 5.48. The smallest absolute Gasteiger partial charge is 0.228 e. The van der Waals surface area contributed by atoms with Crippen molar-refractivity contribution in [1.29, 1.82) is 0 Å². The minimum atomic E-state index is -3.77. The highest BCUT2D eigenvalue weighted by Crippen LogP contribution is 2.30. The van der Waals surface area contributed by atoms with Crippen LogP contribution in [0, 0.1) is 12.7 Å². The van der Waals surface area contributed by atoms with Crippen LogP contribution in [0.1, 0.15) is 12.0 Å². The van der Waals surface area contributed by atoms with Crippen LogP contribution < -0.4 is 10.0 Å². The number of halogens is 2. The van der Waals surface area contributed by atoms with Crippen LogP contribution in [0.5, 0.6) is 0 Å². The van der Waals surface area contributed by atoms with E-state index in [0.717, 1.165) is 0 Å². The molecule has 1 atom stereocenters. The average Bonchev–Trinajstić information content (AvgIpc) is 2.65. The van der Waals surface area contributed by atoms with Crippen molar-refractivity contribution < 1.29 is 17.6 Å². The second kappa shape index (κ2) is 4.84. The van der Waals surface area contributed by atoms with Gasteiger partial charge in [-0.2, -0.15) is 0 Å². The Morgan fingerprint density at radius 3 is 2.63 bits per heavy atom. The van der Waals surface area contributed by atoms with Crippen LogP contribution in [0.3, 0.4) is 0 Å². The SMILES string of the molecule is Cc1cc(Br)c(F)cc1N1CC(S(N)(=O)=O)CC1=O. The molecule has 1 fully saturated rings. The van der Waals surface area contributed by atoms with Crippen LogP contribution in [0.4, 0.5) is 10.1 Å². The quantitative estimate of drug-likeness (QED) is 0.872. The van der Waals surface area contributed by atoms with E-state index in [9.17, 15) is 17.6 Å². The number of amides is 1. The minimum absolute atomic E-state index is 0.0421. The lowest BCUT2D eigenvalue weighted by Crippen LogP contribution is -2.32. The van der Waals surface area contributed by atoms with E-state index in [2.05, 4.69) is 15.9 Å². The van der Waals surface area contributed by atoms with Crippen molar-refractivity contribution >= 4 is 37.5 Å². The number of aryl methyl sites for hydroxylation is 1. The van der Waals surface area contributed by atoms with Gasteiger partial charge in [-0.3, -0.25) is 4.79 Å². The molecule has 0 aliphatic carbocycles. The van der Waals surface area contributed by atoms with Gasteiger partial charge in [0.2, 0.25) is 15.9 Å². The highest BCUT2D eigenvalue weighted by molar-refractivity contribution is 9.10. The Bertz CT molecular complexity index is 648. The maximum atomic E-state index is 13.5. The number of rotatable bonds is 2. The number of benzene rings is 1. The molecule has 1 aliphatic rings. The summed E-state index contributed by atoms with van der Waals surface area (Å²) in [5.74, 6) is -0.878. The summed E-state index contributed by atoms with van der Waals surface area (Å²) in [6.07, 6.45) is -0.171. The average molecular weight is 351 g/mol. The molecule has 2 rings (SSSR count). The molecular weight excluding hydrogens is 339 g/mol. The summed E-state index contributed by atoms with van der Waals surface area (Å²) in [7, 11) is -3.77. The lowest BCUT2D eigenvalue weighted by Gasteiger charge is -2.19. The second-order valence-corrected chi connectivity index (χ2v) is 7.17. The Kier molecular flexibility index (Phi) is 3.67. The fourth-order valence-corrected chi connectivity index (χ4v) is 3.24. The number of sulfonamides is 1. The number of nitrogens with zero attached hydrogens (tertiary/aromatic N) is 1. The maximum absolute atomic E-state index is 13.5. The van der Waals surface area contributed by atoms with Crippen molar-refractivity contribution in [3.05, 3.63) is 28.0 Å². The number of hydrogen-bond acceptors (Lipinski definition) is 3. The monoisotopic (exact) mass is 350 g/mol. The Balaban J connectivity index is 2.39. The van der Waals surface area contributed by atoms with Crippen LogP contribution in [-0.2, 0) is 14.8 Å². The van der Waals surface area contributed by atoms with E-state index < -0.39 is 21.1 Å². The number of carbonyl (C=O) groups excluding carboxylic acids is 1. The van der Waals surface area contributed by atoms with E-state index in [1.54, 1.807) is 13.0 Å². The van der Waals surface area contributed by atoms with Gasteiger partial charge >= 0.3 is 0 Å². The topological polar surface area (TPSA) is 80.5 Å². The molecule has 5 nitrogen and oxygen atoms in total. The summed E-state index contributed by atoms with van der Waals surface area (Å²) in [4.78, 5) is 13.1. The molecule has 104 valence electrons. The first-order valence-corrected chi connectivity index (χ1v) is 7.88. The van der Waals surface area contributed by atoms with Gasteiger partial charge in [0.15, 0.2) is 0 Å². The normalized spacial score (nSPS) is 20.1. The van der Waals surface area contributed by atoms with E-state index in [1.807, 2.05) is 0 Å². The summed E-state index contributed by atoms with van der Waals surface area (Å²) < 4.78 is 36.4. The van der Waals surface area contributed by atoms with Crippen molar-refractivity contribution in [2.75, 3.05) is 11.4 Å². The number of anilines is 1. The third-order valence-electron chi connectivity index (χ3n) is 3.08. The molecular formula is C11H12BrFN2O3S. The van der Waals surface area contributed by atoms with E-state index in [1.165, 1.54) is 11.0 Å². The molecule has 19 heavy (non-hydrogen) atoms. The molecule has 0 spiro atoms. The van der Waals surface area contributed by atoms with E-state index in [4.69, 9.17) is 5.14 Å². The fourth-order valence-electron chi connectivity index (χ4n) is 2.05. The molecule has 2 N–H and O–H groups in total. The van der Waals surface area contributed by atoms with Crippen LogP contribution in [0.25, 0.3) is 0 Å². The van der Waals surface area contributed by atoms with Crippen LogP contribution >= 0.6 is 15.9 Å². The van der Waals surface area contributed by atoms with Gasteiger partial charge in [-0.05, 0) is 40.5 Å². The van der Waals surface area contributed by atoms with Crippen molar-refractivity contribution in [3.8, 4) is 0 Å². The Morgan fingerprint density at radius 2 is 2.11 bits per heavy atom. The van der Waals surface area contributed by atoms with Crippen LogP contribution in [-0.4, -0.2) is 26.1 Å². The molecule has 0 bridgehead atoms. The van der Waals surface area contributed by atoms with Gasteiger partial charge in [0.25, 0.3) is 0 Å². The standard InChI is InChI=1S/C11H12BrFN2O3S/c1-6-2-8(12)9(13)4-10(6)15-5-7(3-11(15)16)19(14,17)18/h2,4,7H,3,5H2,1H3,(H2,14,17,18). The van der Waals surface area contributed by atoms with Gasteiger partial charge in [0.05, 0.1) is 4.47 Å². The predicted octanol–water partition coefficient (Wildman–Crippen LogP) is 1.29. The third-order valence-corrected chi connectivity index (χ3v) is 4.94. The maximum Gasteiger partial charge on any atom is 0.228 e. The number of nitrogens with two attached hydrogens (primary N) is 1. The molecule has 0 saturated carbocycles. The zero-order valence-corrected chi connectivity index (χ0v) is 12.5. The first-order chi connectivity index (χ1) is 8.70. The molecule has 1 heterocycles. The zero-order chi connectivity index (χ0) is 14.4. The highest BCUT2D eigenvalue weighted by Gasteiger charge is 2.37. The molecule has 1 saturated heterocycles. The van der Waals surface area contributed by atoms with Crippen molar-refractivity contribution in [2.45, 2.75) is 18.6 Å². The number of hydrogen-bond donors (Lipinski definition) is 1. The first kappa shape index (κ1) is 14.4. The van der Waals surface area contributed by atoms with Gasteiger partial charge in [-0.1, -0.05) is 0 Å². The Hall–Kier alpha value is -0.990. The molecule has 0 radical (unpaired) electrons. The lowest BCUT2D eigenvalue weighted by molar-refractivity contribution is -0.117. The molecule has 1 aromatic carbocycles. The largest absolute Gasteiger partial charge is 0.311 e. The van der Waals surface area contributed by atoms with E-state index in [0.29, 0.717) is 15.7 Å². The van der Waals surface area contributed by atoms with Crippen LogP contribution in [0.15, 0.2) is 16.6 Å². The number of primary sulfonamides is 1. The Morgan fingerprint density at radius 1 is 1.47 bits per heavy atom. The van der Waals surface area contributed by atoms with Crippen LogP contribution in [0.2, 0.25) is 0 Å². The molecule has 1 aromatic rings. The third kappa shape index (κ3) is 2.80. The molecule has 8 heteroatoms. The van der Waals surface area contributed by atoms with Gasteiger partial charge in [-0.25, -0.2) is 17.9 Å². The van der Waals surface area contributed by atoms with Crippen molar-refractivity contribution in [2.24, 2.45) is 5.14 Å². The summed E-state index contributed by atoms with van der Waals surface area (Å²) in [6.45, 7) is 1.68. The van der Waals surface area contributed by atoms with E-state index >= 15 is 0 Å². The lowest BCUT2D eigenvalue weighted by atomic mass is 10.2. The molecule has 1 amide bonds. The summed E-state index contributed by atoms with van der Waals surface area (Å²) in [5.41, 5.74) is 1.05. The van der Waals surface area contributed by atoms with Gasteiger partial charge in [0, 0.05) is 18.7 Å². The van der Waals surface area contributed by atoms with Crippen molar-refractivity contribution in [3.63, 3.8) is 0 Å². The predicted molar refractivity (Wildman–Crippen MR) is 72.7 cm³/mol. The fraction of sp³-hybridized carbons (Fsp3) is 0.364. The van der Waals surface area contributed by atoms with E-state index in [-0.39, 0.29) is 18.9 Å². The molecule has 0 aromatic heterocycles. The summed E-state index contributed by atoms with van der Waals surface area (Å²) >= 11 is 3.05. The zero-order valence-electron chi connectivity index (χ0n) is 10.1. The molecule has 1 unspecified atom stereocenters. The van der Waals surface area contributed by atoms with Crippen molar-refractivity contribution in [1.82, 2.24) is 0 Å². The molecule has 1 aliphatic heterocycles. The minimum Gasteiger partial charge on any atom is -0.311 e. The Labute approximate surface area is 118 Å². The summed E-state index contributed by atoms with van der Waals surface area (Å²) in [6, 6.07) is 2.76. The van der Waals surface area contributed by atoms with Gasteiger partial charge in [-0.15, -0.1) is 0 Å². The number of carbonyl (C=O) groups is 1. The summed E-state index contributed by atoms with van der Waals surface area (Å²) in [5, 5.41) is 4.11. The van der Waals surface area contributed by atoms with Gasteiger partial charge in [0.1, 0.15) is 11.1 Å². The van der Waals surface area contributed by atoms with Gasteiger partial charge < -0.3 is 4.90 Å². The highest BCUT2D eigenvalue weighted by atomic mass is 79.9. The second-order valence-electron chi connectivity index (χ2n) is 4.47.